The van der Waals surface area contributed by atoms with Crippen molar-refractivity contribution in [2.45, 2.75) is 0 Å². The van der Waals surface area contributed by atoms with Crippen molar-refractivity contribution in [2.24, 2.45) is 7.05 Å². The van der Waals surface area contributed by atoms with E-state index >= 15 is 0 Å². The number of aryl methyl sites for hydroxylation is 1. The summed E-state index contributed by atoms with van der Waals surface area (Å²) in [6, 6.07) is 10.6. The van der Waals surface area contributed by atoms with Crippen LogP contribution in [0.3, 0.4) is 0 Å². The highest BCUT2D eigenvalue weighted by molar-refractivity contribution is 9.10. The van der Waals surface area contributed by atoms with Crippen LogP contribution < -0.4 is 9.47 Å². The molecular formula is C20H17BrN3S+. The third-order valence-corrected chi connectivity index (χ3v) is 5.55. The number of halogens is 1. The fourth-order valence-electron chi connectivity index (χ4n) is 2.93. The number of nitrogens with zero attached hydrogens (tertiary/aromatic N) is 3. The Morgan fingerprint density at radius 3 is 3.00 bits per heavy atom. The van der Waals surface area contributed by atoms with Crippen molar-refractivity contribution >= 4 is 55.0 Å². The molecule has 3 nitrogen and oxygen atoms in total. The first-order chi connectivity index (χ1) is 12.1. The van der Waals surface area contributed by atoms with Crippen molar-refractivity contribution in [3.05, 3.63) is 76.0 Å². The zero-order valence-corrected chi connectivity index (χ0v) is 16.4. The summed E-state index contributed by atoms with van der Waals surface area (Å²) in [5, 5.41) is 1.01. The van der Waals surface area contributed by atoms with E-state index in [0.717, 1.165) is 15.1 Å². The number of allylic oxidation sites excluding steroid dienone is 4. The highest BCUT2D eigenvalue weighted by Gasteiger charge is 2.14. The van der Waals surface area contributed by atoms with Gasteiger partial charge in [0.15, 0.2) is 0 Å². The van der Waals surface area contributed by atoms with Gasteiger partial charge in [-0.05, 0) is 44.7 Å². The molecule has 0 fully saturated rings. The summed E-state index contributed by atoms with van der Waals surface area (Å²) in [5.41, 5.74) is 4.68. The molecule has 3 heterocycles. The van der Waals surface area contributed by atoms with Crippen LogP contribution in [-0.4, -0.2) is 12.0 Å². The van der Waals surface area contributed by atoms with Crippen LogP contribution in [0.25, 0.3) is 22.0 Å². The van der Waals surface area contributed by atoms with Gasteiger partial charge in [-0.25, -0.2) is 4.57 Å². The average molecular weight is 411 g/mol. The molecule has 4 rings (SSSR count). The largest absolute Gasteiger partial charge is 0.351 e. The Kier molecular flexibility index (Phi) is 4.27. The minimum Gasteiger partial charge on any atom is -0.351 e. The van der Waals surface area contributed by atoms with E-state index in [1.165, 1.54) is 21.5 Å². The van der Waals surface area contributed by atoms with Crippen LogP contribution in [0.15, 0.2) is 65.4 Å². The molecule has 0 bridgehead atoms. The molecule has 2 aromatic heterocycles. The van der Waals surface area contributed by atoms with Gasteiger partial charge < -0.3 is 4.90 Å². The molecule has 0 N–H and O–H groups in total. The summed E-state index contributed by atoms with van der Waals surface area (Å²) in [6.45, 7) is 0. The summed E-state index contributed by atoms with van der Waals surface area (Å²) in [5.74, 6) is 0. The normalized spacial score (nSPS) is 15.5. The lowest BCUT2D eigenvalue weighted by Crippen LogP contribution is -2.28. The van der Waals surface area contributed by atoms with E-state index in [-0.39, 0.29) is 0 Å². The van der Waals surface area contributed by atoms with Crippen molar-refractivity contribution in [1.82, 2.24) is 4.98 Å². The molecule has 1 aromatic carbocycles. The Morgan fingerprint density at radius 1 is 1.28 bits per heavy atom. The second kappa shape index (κ2) is 6.58. The molecule has 5 heteroatoms. The Bertz CT molecular complexity index is 1050. The fraction of sp³-hybridized carbons (Fsp3) is 0.100. The van der Waals surface area contributed by atoms with Crippen molar-refractivity contribution in [1.29, 1.82) is 0 Å². The highest BCUT2D eigenvalue weighted by atomic mass is 79.9. The van der Waals surface area contributed by atoms with E-state index in [1.807, 2.05) is 17.8 Å². The minimum atomic E-state index is 1.00. The Hall–Kier alpha value is -2.24. The summed E-state index contributed by atoms with van der Waals surface area (Å²) in [6.07, 6.45) is 12.6. The van der Waals surface area contributed by atoms with Crippen molar-refractivity contribution in [3.8, 4) is 0 Å². The Balaban J connectivity index is 1.66. The van der Waals surface area contributed by atoms with Crippen molar-refractivity contribution in [2.75, 3.05) is 11.9 Å². The topological polar surface area (TPSA) is 20.0 Å². The number of para-hydroxylation sites is 1. The molecule has 0 spiro atoms. The molecule has 0 saturated carbocycles. The maximum atomic E-state index is 4.71. The van der Waals surface area contributed by atoms with Crippen LogP contribution in [0.4, 0.5) is 5.69 Å². The van der Waals surface area contributed by atoms with E-state index in [9.17, 15) is 0 Å². The fourth-order valence-corrected chi connectivity index (χ4v) is 4.59. The molecule has 124 valence electrons. The summed E-state index contributed by atoms with van der Waals surface area (Å²) in [4.78, 5) is 6.85. The first-order valence-electron chi connectivity index (χ1n) is 7.96. The second-order valence-electron chi connectivity index (χ2n) is 5.93. The summed E-state index contributed by atoms with van der Waals surface area (Å²) in [7, 11) is 4.09. The molecule has 0 saturated heterocycles. The lowest BCUT2D eigenvalue weighted by Gasteiger charge is -2.23. The lowest BCUT2D eigenvalue weighted by atomic mass is 10.00. The van der Waals surface area contributed by atoms with Gasteiger partial charge in [-0.3, -0.25) is 0 Å². The standard InChI is InChI=1S/C20H17BrN3S/c1-23-11-10-14(16-7-3-4-8-17(16)23)6-5-9-19-22-20-18(25-19)12-15(21)13-24(20)2/h3-13H,1-2H3/q+1. The maximum absolute atomic E-state index is 4.71. The van der Waals surface area contributed by atoms with Gasteiger partial charge in [0.25, 0.3) is 0 Å². The molecule has 3 aromatic rings. The van der Waals surface area contributed by atoms with Crippen LogP contribution in [-0.2, 0) is 7.05 Å². The van der Waals surface area contributed by atoms with E-state index < -0.39 is 0 Å². The van der Waals surface area contributed by atoms with Crippen LogP contribution >= 0.6 is 27.3 Å². The number of hydrogen-bond donors (Lipinski definition) is 0. The van der Waals surface area contributed by atoms with Gasteiger partial charge in [0, 0.05) is 30.6 Å². The molecular weight excluding hydrogens is 394 g/mol. The highest BCUT2D eigenvalue weighted by Crippen LogP contribution is 2.31. The number of pyridine rings is 1. The van der Waals surface area contributed by atoms with Gasteiger partial charge >= 0.3 is 5.65 Å². The summed E-state index contributed by atoms with van der Waals surface area (Å²) < 4.78 is 4.28. The van der Waals surface area contributed by atoms with Gasteiger partial charge in [0.05, 0.1) is 11.5 Å². The Morgan fingerprint density at radius 2 is 2.12 bits per heavy atom. The monoisotopic (exact) mass is 410 g/mol. The lowest BCUT2D eigenvalue weighted by molar-refractivity contribution is -0.647. The van der Waals surface area contributed by atoms with E-state index in [0.29, 0.717) is 0 Å². The molecule has 0 radical (unpaired) electrons. The smallest absolute Gasteiger partial charge is 0.342 e. The molecule has 0 amide bonds. The Labute approximate surface area is 159 Å². The van der Waals surface area contributed by atoms with Crippen LogP contribution in [0, 0.1) is 0 Å². The SMILES string of the molecule is CN1C=C/C(=C\C=C\c2nc3c(cc(Br)c[n+]3C)s2)c2ccccc21. The number of anilines is 1. The first-order valence-corrected chi connectivity index (χ1v) is 9.57. The molecule has 0 atom stereocenters. The molecule has 0 aliphatic carbocycles. The van der Waals surface area contributed by atoms with Gasteiger partial charge in [0.1, 0.15) is 10.9 Å². The first kappa shape index (κ1) is 16.2. The van der Waals surface area contributed by atoms with Gasteiger partial charge in [-0.2, -0.15) is 0 Å². The molecule has 0 unspecified atom stereocenters. The van der Waals surface area contributed by atoms with Crippen molar-refractivity contribution in [3.63, 3.8) is 0 Å². The number of benzene rings is 1. The number of hydrogen-bond acceptors (Lipinski definition) is 3. The summed E-state index contributed by atoms with van der Waals surface area (Å²) >= 11 is 5.23. The predicted octanol–water partition coefficient (Wildman–Crippen LogP) is 4.94. The van der Waals surface area contributed by atoms with Gasteiger partial charge in [-0.1, -0.05) is 41.7 Å². The second-order valence-corrected chi connectivity index (χ2v) is 7.91. The van der Waals surface area contributed by atoms with E-state index in [2.05, 4.69) is 88.7 Å². The van der Waals surface area contributed by atoms with Crippen molar-refractivity contribution < 1.29 is 4.57 Å². The number of aromatic nitrogens is 2. The van der Waals surface area contributed by atoms with Crippen LogP contribution in [0.5, 0.6) is 0 Å². The van der Waals surface area contributed by atoms with Crippen LogP contribution in [0.2, 0.25) is 0 Å². The average Bonchev–Trinajstić information content (AvgIpc) is 3.00. The third-order valence-electron chi connectivity index (χ3n) is 4.16. The predicted molar refractivity (Wildman–Crippen MR) is 109 cm³/mol. The van der Waals surface area contributed by atoms with Crippen LogP contribution in [0.1, 0.15) is 10.6 Å². The zero-order valence-electron chi connectivity index (χ0n) is 14.0. The molecule has 25 heavy (non-hydrogen) atoms. The van der Waals surface area contributed by atoms with E-state index in [1.54, 1.807) is 11.3 Å². The van der Waals surface area contributed by atoms with E-state index in [4.69, 9.17) is 4.98 Å². The number of thiazole rings is 1. The van der Waals surface area contributed by atoms with Gasteiger partial charge in [0.2, 0.25) is 5.01 Å². The maximum Gasteiger partial charge on any atom is 0.342 e. The minimum absolute atomic E-state index is 1.00. The zero-order chi connectivity index (χ0) is 17.4. The number of rotatable bonds is 2. The molecule has 1 aliphatic heterocycles. The van der Waals surface area contributed by atoms with Gasteiger partial charge in [-0.15, -0.1) is 0 Å². The number of fused-ring (bicyclic) bond motifs is 2. The quantitative estimate of drug-likeness (QED) is 0.557. The third kappa shape index (κ3) is 3.17. The molecule has 1 aliphatic rings.